The van der Waals surface area contributed by atoms with E-state index in [-0.39, 0.29) is 31.7 Å². The Bertz CT molecular complexity index is 685. The first kappa shape index (κ1) is 24.2. The number of hydrogen-bond acceptors (Lipinski definition) is 6. The average molecular weight is 422 g/mol. The van der Waals surface area contributed by atoms with Crippen LogP contribution in [-0.4, -0.2) is 59.6 Å². The second kappa shape index (κ2) is 10.8. The summed E-state index contributed by atoms with van der Waals surface area (Å²) in [5.74, 6) is -0.550. The molecule has 1 fully saturated rings. The van der Waals surface area contributed by atoms with Gasteiger partial charge in [0.2, 0.25) is 0 Å². The van der Waals surface area contributed by atoms with Gasteiger partial charge in [-0.05, 0) is 38.7 Å². The van der Waals surface area contributed by atoms with Crippen LogP contribution in [0.4, 0.5) is 4.79 Å². The molecule has 1 N–H and O–H groups in total. The standard InChI is InChI=1S/C23H35NO6/c1-16(2)20(21(26)29-14-17-9-7-6-8-10-17)28-15-18-11-12-24(19(18)13-25)22(27)30-23(3,4)5/h6-10,16,18-20,25H,11-15H2,1-5H3/t18-,19-,20?/m1/s1. The summed E-state index contributed by atoms with van der Waals surface area (Å²) in [6.07, 6.45) is -0.468. The van der Waals surface area contributed by atoms with Crippen molar-refractivity contribution in [1.82, 2.24) is 4.90 Å². The molecule has 0 saturated carbocycles. The summed E-state index contributed by atoms with van der Waals surface area (Å²) in [6, 6.07) is 9.09. The molecular formula is C23H35NO6. The van der Waals surface area contributed by atoms with Gasteiger partial charge in [-0.2, -0.15) is 0 Å². The van der Waals surface area contributed by atoms with Gasteiger partial charge < -0.3 is 24.2 Å². The third-order valence-corrected chi connectivity index (χ3v) is 5.05. The van der Waals surface area contributed by atoms with Crippen LogP contribution in [0.1, 0.15) is 46.6 Å². The molecule has 0 spiro atoms. The molecule has 2 rings (SSSR count). The number of carbonyl (C=O) groups is 2. The van der Waals surface area contributed by atoms with Crippen LogP contribution < -0.4 is 0 Å². The van der Waals surface area contributed by atoms with Gasteiger partial charge in [-0.15, -0.1) is 0 Å². The van der Waals surface area contributed by atoms with E-state index in [0.29, 0.717) is 13.0 Å². The highest BCUT2D eigenvalue weighted by molar-refractivity contribution is 5.75. The van der Waals surface area contributed by atoms with E-state index in [0.717, 1.165) is 5.56 Å². The average Bonchev–Trinajstić information content (AvgIpc) is 3.09. The molecule has 1 heterocycles. The van der Waals surface area contributed by atoms with Crippen molar-refractivity contribution in [3.05, 3.63) is 35.9 Å². The third-order valence-electron chi connectivity index (χ3n) is 5.05. The number of nitrogens with zero attached hydrogens (tertiary/aromatic N) is 1. The molecule has 3 atom stereocenters. The minimum absolute atomic E-state index is 0.0655. The molecule has 0 aliphatic carbocycles. The Morgan fingerprint density at radius 3 is 2.43 bits per heavy atom. The van der Waals surface area contributed by atoms with Gasteiger partial charge in [0.25, 0.3) is 0 Å². The Labute approximate surface area is 179 Å². The maximum Gasteiger partial charge on any atom is 0.410 e. The van der Waals surface area contributed by atoms with Crippen molar-refractivity contribution >= 4 is 12.1 Å². The van der Waals surface area contributed by atoms with Gasteiger partial charge in [-0.25, -0.2) is 9.59 Å². The van der Waals surface area contributed by atoms with E-state index >= 15 is 0 Å². The summed E-state index contributed by atoms with van der Waals surface area (Å²) in [5.41, 5.74) is 0.314. The number of rotatable bonds is 8. The van der Waals surface area contributed by atoms with Gasteiger partial charge >= 0.3 is 12.1 Å². The number of benzene rings is 1. The lowest BCUT2D eigenvalue weighted by atomic mass is 10.0. The van der Waals surface area contributed by atoms with E-state index in [2.05, 4.69) is 0 Å². The predicted molar refractivity (Wildman–Crippen MR) is 113 cm³/mol. The fourth-order valence-corrected chi connectivity index (χ4v) is 3.48. The molecule has 1 saturated heterocycles. The molecule has 0 radical (unpaired) electrons. The Morgan fingerprint density at radius 1 is 1.20 bits per heavy atom. The zero-order valence-electron chi connectivity index (χ0n) is 18.7. The summed E-state index contributed by atoms with van der Waals surface area (Å²) in [6.45, 7) is 9.99. The minimum Gasteiger partial charge on any atom is -0.459 e. The molecular weight excluding hydrogens is 386 g/mol. The molecule has 7 nitrogen and oxygen atoms in total. The summed E-state index contributed by atoms with van der Waals surface area (Å²) >= 11 is 0. The van der Waals surface area contributed by atoms with Crippen molar-refractivity contribution in [3.63, 3.8) is 0 Å². The van der Waals surface area contributed by atoms with Gasteiger partial charge in [0.1, 0.15) is 12.2 Å². The van der Waals surface area contributed by atoms with Crippen molar-refractivity contribution in [1.29, 1.82) is 0 Å². The predicted octanol–water partition coefficient (Wildman–Crippen LogP) is 3.39. The van der Waals surface area contributed by atoms with E-state index in [4.69, 9.17) is 14.2 Å². The normalized spacial score (nSPS) is 20.3. The van der Waals surface area contributed by atoms with Crippen LogP contribution in [0.5, 0.6) is 0 Å². The Kier molecular flexibility index (Phi) is 8.67. The van der Waals surface area contributed by atoms with Crippen LogP contribution in [-0.2, 0) is 25.6 Å². The third kappa shape index (κ3) is 6.99. The van der Waals surface area contributed by atoms with Gasteiger partial charge in [-0.1, -0.05) is 44.2 Å². The molecule has 0 bridgehead atoms. The van der Waals surface area contributed by atoms with E-state index in [9.17, 15) is 14.7 Å². The van der Waals surface area contributed by atoms with E-state index in [1.54, 1.807) is 4.90 Å². The molecule has 1 amide bonds. The molecule has 1 aromatic carbocycles. The van der Waals surface area contributed by atoms with Crippen molar-refractivity contribution in [2.24, 2.45) is 11.8 Å². The molecule has 0 aromatic heterocycles. The number of hydrogen-bond donors (Lipinski definition) is 1. The fourth-order valence-electron chi connectivity index (χ4n) is 3.48. The first-order chi connectivity index (χ1) is 14.1. The quantitative estimate of drug-likeness (QED) is 0.648. The van der Waals surface area contributed by atoms with Crippen molar-refractivity contribution in [2.45, 2.75) is 65.4 Å². The number of amides is 1. The van der Waals surface area contributed by atoms with Crippen molar-refractivity contribution in [2.75, 3.05) is 19.8 Å². The number of likely N-dealkylation sites (tertiary alicyclic amines) is 1. The second-order valence-corrected chi connectivity index (χ2v) is 9.06. The van der Waals surface area contributed by atoms with Crippen LogP contribution in [0.25, 0.3) is 0 Å². The van der Waals surface area contributed by atoms with Gasteiger partial charge in [-0.3, -0.25) is 0 Å². The summed E-state index contributed by atoms with van der Waals surface area (Å²) < 4.78 is 16.8. The van der Waals surface area contributed by atoms with Gasteiger partial charge in [0, 0.05) is 12.5 Å². The highest BCUT2D eigenvalue weighted by Gasteiger charge is 2.39. The SMILES string of the molecule is CC(C)C(OC[C@H]1CCN(C(=O)OC(C)(C)C)[C@@H]1CO)C(=O)OCc1ccccc1. The Hall–Kier alpha value is -2.12. The number of aliphatic hydroxyl groups is 1. The molecule has 7 heteroatoms. The molecule has 1 unspecified atom stereocenters. The lowest BCUT2D eigenvalue weighted by Crippen LogP contribution is -2.44. The molecule has 168 valence electrons. The summed E-state index contributed by atoms with van der Waals surface area (Å²) in [4.78, 5) is 26.5. The topological polar surface area (TPSA) is 85.3 Å². The lowest BCUT2D eigenvalue weighted by Gasteiger charge is -2.30. The largest absolute Gasteiger partial charge is 0.459 e. The Balaban J connectivity index is 1.91. The smallest absolute Gasteiger partial charge is 0.410 e. The highest BCUT2D eigenvalue weighted by Crippen LogP contribution is 2.27. The first-order valence-corrected chi connectivity index (χ1v) is 10.5. The van der Waals surface area contributed by atoms with Crippen LogP contribution in [0.15, 0.2) is 30.3 Å². The van der Waals surface area contributed by atoms with Crippen molar-refractivity contribution in [3.8, 4) is 0 Å². The zero-order valence-corrected chi connectivity index (χ0v) is 18.7. The number of aliphatic hydroxyl groups excluding tert-OH is 1. The number of ether oxygens (including phenoxy) is 3. The molecule has 1 aromatic rings. The molecule has 1 aliphatic heterocycles. The maximum atomic E-state index is 12.6. The summed E-state index contributed by atoms with van der Waals surface area (Å²) in [5, 5.41) is 9.85. The van der Waals surface area contributed by atoms with Gasteiger partial charge in [0.05, 0.1) is 19.3 Å². The summed E-state index contributed by atoms with van der Waals surface area (Å²) in [7, 11) is 0. The van der Waals surface area contributed by atoms with Crippen LogP contribution >= 0.6 is 0 Å². The monoisotopic (exact) mass is 421 g/mol. The van der Waals surface area contributed by atoms with Crippen LogP contribution in [0.3, 0.4) is 0 Å². The fraction of sp³-hybridized carbons (Fsp3) is 0.652. The molecule has 30 heavy (non-hydrogen) atoms. The highest BCUT2D eigenvalue weighted by atomic mass is 16.6. The van der Waals surface area contributed by atoms with Crippen molar-refractivity contribution < 1.29 is 28.9 Å². The zero-order chi connectivity index (χ0) is 22.3. The van der Waals surface area contributed by atoms with Crippen LogP contribution in [0.2, 0.25) is 0 Å². The first-order valence-electron chi connectivity index (χ1n) is 10.5. The Morgan fingerprint density at radius 2 is 1.87 bits per heavy atom. The van der Waals surface area contributed by atoms with Gasteiger partial charge in [0.15, 0.2) is 6.10 Å². The number of esters is 1. The second-order valence-electron chi connectivity index (χ2n) is 9.06. The van der Waals surface area contributed by atoms with E-state index < -0.39 is 29.8 Å². The van der Waals surface area contributed by atoms with E-state index in [1.165, 1.54) is 0 Å². The van der Waals surface area contributed by atoms with Crippen LogP contribution in [0, 0.1) is 11.8 Å². The lowest BCUT2D eigenvalue weighted by molar-refractivity contribution is -0.163. The maximum absolute atomic E-state index is 12.6. The molecule has 1 aliphatic rings. The number of carbonyl (C=O) groups excluding carboxylic acids is 2. The minimum atomic E-state index is -0.705. The van der Waals surface area contributed by atoms with E-state index in [1.807, 2.05) is 65.0 Å².